The van der Waals surface area contributed by atoms with Crippen LogP contribution >= 0.6 is 0 Å². The Morgan fingerprint density at radius 3 is 2.32 bits per heavy atom. The van der Waals surface area contributed by atoms with E-state index in [1.54, 1.807) is 13.0 Å². The third-order valence-electron chi connectivity index (χ3n) is 4.19. The van der Waals surface area contributed by atoms with Crippen molar-refractivity contribution in [2.75, 3.05) is 10.6 Å². The molecule has 6 heteroatoms. The van der Waals surface area contributed by atoms with Gasteiger partial charge in [0.15, 0.2) is 6.10 Å². The molecule has 130 valence electrons. The lowest BCUT2D eigenvalue weighted by Crippen LogP contribution is -2.30. The molecule has 2 aromatic rings. The molecule has 1 heterocycles. The van der Waals surface area contributed by atoms with E-state index in [-0.39, 0.29) is 11.8 Å². The second kappa shape index (κ2) is 7.36. The van der Waals surface area contributed by atoms with Crippen LogP contribution < -0.4 is 10.6 Å². The molecule has 0 radical (unpaired) electrons. The topological polar surface area (TPSA) is 87.7 Å². The second-order valence-corrected chi connectivity index (χ2v) is 6.12. The maximum Gasteiger partial charge on any atom is 0.333 e. The number of carbonyl (C=O) groups is 2. The van der Waals surface area contributed by atoms with Crippen LogP contribution in [0.25, 0.3) is 0 Å². The molecule has 0 saturated carbocycles. The first-order valence-corrected chi connectivity index (χ1v) is 8.15. The number of carbonyl (C=O) groups excluding carboxylic acids is 1. The molecule has 1 aliphatic heterocycles. The van der Waals surface area contributed by atoms with Gasteiger partial charge in [0.2, 0.25) is 0 Å². The number of rotatable bonds is 5. The molecule has 3 atom stereocenters. The molecule has 0 spiro atoms. The molecule has 25 heavy (non-hydrogen) atoms. The summed E-state index contributed by atoms with van der Waals surface area (Å²) in [6, 6.07) is 17.0. The number of amides is 1. The monoisotopic (exact) mass is 340 g/mol. The minimum Gasteiger partial charge on any atom is -0.479 e. The van der Waals surface area contributed by atoms with Crippen molar-refractivity contribution in [1.29, 1.82) is 0 Å². The van der Waals surface area contributed by atoms with E-state index in [1.165, 1.54) is 0 Å². The maximum absolute atomic E-state index is 12.5. The van der Waals surface area contributed by atoms with E-state index < -0.39 is 18.2 Å². The average molecular weight is 340 g/mol. The first-order chi connectivity index (χ1) is 12.0. The average Bonchev–Trinajstić information content (AvgIpc) is 3.00. The number of anilines is 3. The van der Waals surface area contributed by atoms with Crippen LogP contribution in [0.5, 0.6) is 0 Å². The lowest BCUT2D eigenvalue weighted by molar-refractivity contribution is -0.152. The van der Waals surface area contributed by atoms with Crippen LogP contribution in [0.2, 0.25) is 0 Å². The van der Waals surface area contributed by atoms with Crippen LogP contribution in [0, 0.1) is 5.92 Å². The van der Waals surface area contributed by atoms with Crippen molar-refractivity contribution in [2.24, 2.45) is 5.92 Å². The van der Waals surface area contributed by atoms with E-state index in [1.807, 2.05) is 48.5 Å². The number of hydrogen-bond donors (Lipinski definition) is 3. The molecule has 0 bridgehead atoms. The van der Waals surface area contributed by atoms with Gasteiger partial charge in [-0.1, -0.05) is 37.3 Å². The highest BCUT2D eigenvalue weighted by molar-refractivity contribution is 5.98. The standard InChI is InChI=1S/C19H20N2O4/c1-12-11-16(25-17(12)19(23)24)18(22)21-15-10-6-5-9-14(15)20-13-7-3-2-4-8-13/h2-10,12,16-17,20H,11H2,1H3,(H,21,22)(H,23,24)/t12-,16-,17-/m1/s1. The molecule has 3 rings (SSSR count). The van der Waals surface area contributed by atoms with Crippen molar-refractivity contribution in [3.05, 3.63) is 54.6 Å². The van der Waals surface area contributed by atoms with Gasteiger partial charge in [0, 0.05) is 5.69 Å². The Bertz CT molecular complexity index is 763. The summed E-state index contributed by atoms with van der Waals surface area (Å²) >= 11 is 0. The third-order valence-corrected chi connectivity index (χ3v) is 4.19. The summed E-state index contributed by atoms with van der Waals surface area (Å²) in [6.07, 6.45) is -1.31. The molecule has 0 aromatic heterocycles. The summed E-state index contributed by atoms with van der Waals surface area (Å²) in [5.41, 5.74) is 2.27. The predicted octanol–water partition coefficient (Wildman–Crippen LogP) is 3.25. The summed E-state index contributed by atoms with van der Waals surface area (Å²) in [7, 11) is 0. The van der Waals surface area contributed by atoms with Gasteiger partial charge in [-0.2, -0.15) is 0 Å². The van der Waals surface area contributed by atoms with Gasteiger partial charge < -0.3 is 20.5 Å². The highest BCUT2D eigenvalue weighted by Gasteiger charge is 2.40. The van der Waals surface area contributed by atoms with Crippen molar-refractivity contribution in [2.45, 2.75) is 25.6 Å². The van der Waals surface area contributed by atoms with Gasteiger partial charge in [0.05, 0.1) is 11.4 Å². The van der Waals surface area contributed by atoms with E-state index >= 15 is 0 Å². The summed E-state index contributed by atoms with van der Waals surface area (Å²) in [4.78, 5) is 23.6. The van der Waals surface area contributed by atoms with Gasteiger partial charge in [0.1, 0.15) is 6.10 Å². The van der Waals surface area contributed by atoms with Crippen molar-refractivity contribution in [3.8, 4) is 0 Å². The van der Waals surface area contributed by atoms with E-state index in [9.17, 15) is 9.59 Å². The fraction of sp³-hybridized carbons (Fsp3) is 0.263. The molecule has 1 fully saturated rings. The predicted molar refractivity (Wildman–Crippen MR) is 94.9 cm³/mol. The van der Waals surface area contributed by atoms with Crippen LogP contribution in [0.4, 0.5) is 17.1 Å². The fourth-order valence-corrected chi connectivity index (χ4v) is 2.89. The number of benzene rings is 2. The zero-order valence-electron chi connectivity index (χ0n) is 13.8. The van der Waals surface area contributed by atoms with Gasteiger partial charge in [0.25, 0.3) is 5.91 Å². The van der Waals surface area contributed by atoms with Crippen molar-refractivity contribution in [3.63, 3.8) is 0 Å². The smallest absolute Gasteiger partial charge is 0.333 e. The quantitative estimate of drug-likeness (QED) is 0.778. The molecular weight excluding hydrogens is 320 g/mol. The van der Waals surface area contributed by atoms with Crippen LogP contribution in [0.15, 0.2) is 54.6 Å². The first kappa shape index (κ1) is 17.0. The summed E-state index contributed by atoms with van der Waals surface area (Å²) in [6.45, 7) is 1.77. The van der Waals surface area contributed by atoms with Crippen molar-refractivity contribution < 1.29 is 19.4 Å². The van der Waals surface area contributed by atoms with Gasteiger partial charge in [-0.15, -0.1) is 0 Å². The van der Waals surface area contributed by atoms with Crippen LogP contribution in [-0.4, -0.2) is 29.2 Å². The Balaban J connectivity index is 1.71. The third kappa shape index (κ3) is 3.97. The number of para-hydroxylation sites is 3. The summed E-state index contributed by atoms with van der Waals surface area (Å²) in [5.74, 6) is -1.57. The van der Waals surface area contributed by atoms with Gasteiger partial charge in [-0.3, -0.25) is 4.79 Å². The van der Waals surface area contributed by atoms with E-state index in [0.717, 1.165) is 11.4 Å². The van der Waals surface area contributed by atoms with Crippen molar-refractivity contribution in [1.82, 2.24) is 0 Å². The highest BCUT2D eigenvalue weighted by atomic mass is 16.5. The normalized spacial score (nSPS) is 22.4. The zero-order chi connectivity index (χ0) is 17.8. The number of carboxylic acid groups (broad SMARTS) is 1. The molecule has 1 aliphatic rings. The van der Waals surface area contributed by atoms with Gasteiger partial charge in [-0.05, 0) is 36.6 Å². The molecule has 1 amide bonds. The Morgan fingerprint density at radius 2 is 1.68 bits per heavy atom. The van der Waals surface area contributed by atoms with Crippen LogP contribution in [0.3, 0.4) is 0 Å². The van der Waals surface area contributed by atoms with E-state index in [0.29, 0.717) is 12.1 Å². The Morgan fingerprint density at radius 1 is 1.04 bits per heavy atom. The molecule has 6 nitrogen and oxygen atoms in total. The van der Waals surface area contributed by atoms with E-state index in [2.05, 4.69) is 10.6 Å². The Kier molecular flexibility index (Phi) is 5.00. The number of carboxylic acids is 1. The summed E-state index contributed by atoms with van der Waals surface area (Å²) < 4.78 is 5.40. The number of nitrogens with one attached hydrogen (secondary N) is 2. The Hall–Kier alpha value is -2.86. The molecule has 1 saturated heterocycles. The van der Waals surface area contributed by atoms with E-state index in [4.69, 9.17) is 9.84 Å². The fourth-order valence-electron chi connectivity index (χ4n) is 2.89. The number of aliphatic carboxylic acids is 1. The number of ether oxygens (including phenoxy) is 1. The highest BCUT2D eigenvalue weighted by Crippen LogP contribution is 2.29. The second-order valence-electron chi connectivity index (χ2n) is 6.12. The molecular formula is C19H20N2O4. The van der Waals surface area contributed by atoms with Gasteiger partial charge >= 0.3 is 5.97 Å². The maximum atomic E-state index is 12.5. The molecule has 0 unspecified atom stereocenters. The molecule has 2 aromatic carbocycles. The van der Waals surface area contributed by atoms with Crippen molar-refractivity contribution >= 4 is 28.9 Å². The lowest BCUT2D eigenvalue weighted by atomic mass is 10.0. The largest absolute Gasteiger partial charge is 0.479 e. The lowest BCUT2D eigenvalue weighted by Gasteiger charge is -2.15. The minimum absolute atomic E-state index is 0.203. The number of hydrogen-bond acceptors (Lipinski definition) is 4. The Labute approximate surface area is 145 Å². The van der Waals surface area contributed by atoms with Crippen LogP contribution in [0.1, 0.15) is 13.3 Å². The van der Waals surface area contributed by atoms with Gasteiger partial charge in [-0.25, -0.2) is 4.79 Å². The zero-order valence-corrected chi connectivity index (χ0v) is 13.8. The molecule has 0 aliphatic carbocycles. The van der Waals surface area contributed by atoms with Crippen LogP contribution in [-0.2, 0) is 14.3 Å². The molecule has 3 N–H and O–H groups in total. The first-order valence-electron chi connectivity index (χ1n) is 8.15. The SMILES string of the molecule is C[C@@H]1C[C@H](C(=O)Nc2ccccc2Nc2ccccc2)O[C@H]1C(=O)O. The summed E-state index contributed by atoms with van der Waals surface area (Å²) in [5, 5.41) is 15.2. The minimum atomic E-state index is -1.03.